The molecule has 2 aliphatic rings. The van der Waals surface area contributed by atoms with Crippen molar-refractivity contribution in [2.45, 2.75) is 46.1 Å². The minimum Gasteiger partial charge on any atom is -0.493 e. The van der Waals surface area contributed by atoms with Gasteiger partial charge in [0.05, 0.1) is 18.8 Å². The first-order valence-corrected chi connectivity index (χ1v) is 11.7. The van der Waals surface area contributed by atoms with E-state index in [-0.39, 0.29) is 23.8 Å². The molecule has 0 bridgehead atoms. The van der Waals surface area contributed by atoms with E-state index in [9.17, 15) is 14.4 Å². The van der Waals surface area contributed by atoms with Crippen LogP contribution >= 0.6 is 0 Å². The summed E-state index contributed by atoms with van der Waals surface area (Å²) in [4.78, 5) is 44.1. The number of rotatable bonds is 6. The molecule has 3 rings (SSSR count). The summed E-state index contributed by atoms with van der Waals surface area (Å²) in [7, 11) is 0. The van der Waals surface area contributed by atoms with Crippen LogP contribution in [0.2, 0.25) is 0 Å². The number of benzene rings is 1. The molecule has 2 fully saturated rings. The summed E-state index contributed by atoms with van der Waals surface area (Å²) in [6, 6.07) is 6.70. The Hall–Kier alpha value is -2.77. The first-order valence-electron chi connectivity index (χ1n) is 11.7. The van der Waals surface area contributed by atoms with Crippen LogP contribution in [-0.4, -0.2) is 84.6 Å². The molecule has 8 nitrogen and oxygen atoms in total. The predicted octanol–water partition coefficient (Wildman–Crippen LogP) is 3.02. The van der Waals surface area contributed by atoms with Crippen molar-refractivity contribution in [3.05, 3.63) is 29.8 Å². The Bertz CT molecular complexity index is 813. The first kappa shape index (κ1) is 23.9. The minimum absolute atomic E-state index is 0.0397. The van der Waals surface area contributed by atoms with Gasteiger partial charge in [-0.25, -0.2) is 4.79 Å². The zero-order valence-electron chi connectivity index (χ0n) is 19.4. The highest BCUT2D eigenvalue weighted by Gasteiger charge is 2.38. The average molecular weight is 446 g/mol. The predicted molar refractivity (Wildman–Crippen MR) is 121 cm³/mol. The van der Waals surface area contributed by atoms with Gasteiger partial charge in [-0.2, -0.15) is 0 Å². The fourth-order valence-electron chi connectivity index (χ4n) is 4.21. The number of carbonyl (C=O) groups is 3. The van der Waals surface area contributed by atoms with Gasteiger partial charge in [0, 0.05) is 32.7 Å². The smallest absolute Gasteiger partial charge is 0.409 e. The maximum Gasteiger partial charge on any atom is 0.409 e. The van der Waals surface area contributed by atoms with Crippen LogP contribution in [0, 0.1) is 5.92 Å². The highest BCUT2D eigenvalue weighted by atomic mass is 16.6. The SMILES string of the molecule is CCOc1ccccc1C(=O)N1CCCC1C(=O)N1CCCN(C(=O)OCC(C)C)CC1. The van der Waals surface area contributed by atoms with E-state index in [0.717, 1.165) is 6.42 Å². The van der Waals surface area contributed by atoms with Gasteiger partial charge in [-0.15, -0.1) is 0 Å². The molecule has 8 heteroatoms. The zero-order chi connectivity index (χ0) is 23.1. The molecule has 176 valence electrons. The Morgan fingerprint density at radius 3 is 2.47 bits per heavy atom. The standard InChI is InChI=1S/C24H35N3O5/c1-4-31-21-11-6-5-9-19(21)22(28)27-14-7-10-20(27)23(29)25-12-8-13-26(16-15-25)24(30)32-17-18(2)3/h5-6,9,11,18,20H,4,7-8,10,12-17H2,1-3H3. The van der Waals surface area contributed by atoms with Crippen molar-refractivity contribution >= 4 is 17.9 Å². The molecule has 0 aromatic heterocycles. The molecule has 1 atom stereocenters. The first-order chi connectivity index (χ1) is 15.4. The number of hydrogen-bond acceptors (Lipinski definition) is 5. The topological polar surface area (TPSA) is 79.4 Å². The maximum atomic E-state index is 13.4. The average Bonchev–Trinajstić information content (AvgIpc) is 3.14. The number of likely N-dealkylation sites (tertiary alicyclic amines) is 1. The van der Waals surface area contributed by atoms with Crippen molar-refractivity contribution in [1.82, 2.24) is 14.7 Å². The second-order valence-corrected chi connectivity index (χ2v) is 8.72. The lowest BCUT2D eigenvalue weighted by Crippen LogP contribution is -2.49. The van der Waals surface area contributed by atoms with Crippen molar-refractivity contribution in [3.8, 4) is 5.75 Å². The van der Waals surface area contributed by atoms with Crippen molar-refractivity contribution in [1.29, 1.82) is 0 Å². The summed E-state index contributed by atoms with van der Waals surface area (Å²) in [6.07, 6.45) is 1.81. The molecule has 1 unspecified atom stereocenters. The second-order valence-electron chi connectivity index (χ2n) is 8.72. The summed E-state index contributed by atoms with van der Waals surface area (Å²) in [5.41, 5.74) is 0.490. The molecule has 1 aromatic carbocycles. The van der Waals surface area contributed by atoms with Crippen molar-refractivity contribution in [2.24, 2.45) is 5.92 Å². The lowest BCUT2D eigenvalue weighted by molar-refractivity contribution is -0.135. The minimum atomic E-state index is -0.475. The van der Waals surface area contributed by atoms with E-state index in [0.29, 0.717) is 70.1 Å². The van der Waals surface area contributed by atoms with Gasteiger partial charge in [0.25, 0.3) is 5.91 Å². The van der Waals surface area contributed by atoms with E-state index in [4.69, 9.17) is 9.47 Å². The molecule has 0 radical (unpaired) electrons. The molecule has 0 spiro atoms. The lowest BCUT2D eigenvalue weighted by atomic mass is 10.1. The Kier molecular flexibility index (Phi) is 8.36. The molecular formula is C24H35N3O5. The molecule has 32 heavy (non-hydrogen) atoms. The van der Waals surface area contributed by atoms with Crippen molar-refractivity contribution in [2.75, 3.05) is 45.9 Å². The second kappa shape index (κ2) is 11.2. The summed E-state index contributed by atoms with van der Waals surface area (Å²) < 4.78 is 11.0. The number of nitrogens with zero attached hydrogens (tertiary/aromatic N) is 3. The fraction of sp³-hybridized carbons (Fsp3) is 0.625. The van der Waals surface area contributed by atoms with Gasteiger partial charge in [0.15, 0.2) is 0 Å². The van der Waals surface area contributed by atoms with E-state index in [1.54, 1.807) is 26.8 Å². The summed E-state index contributed by atoms with van der Waals surface area (Å²) in [5, 5.41) is 0. The van der Waals surface area contributed by atoms with Gasteiger partial charge in [-0.05, 0) is 44.2 Å². The quantitative estimate of drug-likeness (QED) is 0.673. The molecule has 0 N–H and O–H groups in total. The highest BCUT2D eigenvalue weighted by Crippen LogP contribution is 2.26. The number of hydrogen-bond donors (Lipinski definition) is 0. The number of amides is 3. The van der Waals surface area contributed by atoms with Crippen molar-refractivity contribution < 1.29 is 23.9 Å². The Labute approximate surface area is 190 Å². The van der Waals surface area contributed by atoms with E-state index in [2.05, 4.69) is 0 Å². The fourth-order valence-corrected chi connectivity index (χ4v) is 4.21. The molecular weight excluding hydrogens is 410 g/mol. The summed E-state index contributed by atoms with van der Waals surface area (Å²) in [5.74, 6) is 0.618. The number of ether oxygens (including phenoxy) is 2. The maximum absolute atomic E-state index is 13.4. The van der Waals surface area contributed by atoms with Gasteiger partial charge in [0.1, 0.15) is 11.8 Å². The van der Waals surface area contributed by atoms with Gasteiger partial charge in [-0.3, -0.25) is 9.59 Å². The van der Waals surface area contributed by atoms with E-state index in [1.165, 1.54) is 0 Å². The highest BCUT2D eigenvalue weighted by molar-refractivity contribution is 6.00. The van der Waals surface area contributed by atoms with Gasteiger partial charge < -0.3 is 24.2 Å². The van der Waals surface area contributed by atoms with Crippen LogP contribution in [0.15, 0.2) is 24.3 Å². The lowest BCUT2D eigenvalue weighted by Gasteiger charge is -2.30. The van der Waals surface area contributed by atoms with Gasteiger partial charge in [-0.1, -0.05) is 26.0 Å². The monoisotopic (exact) mass is 445 g/mol. The van der Waals surface area contributed by atoms with E-state index in [1.807, 2.05) is 32.9 Å². The number of para-hydroxylation sites is 1. The van der Waals surface area contributed by atoms with Gasteiger partial charge in [0.2, 0.25) is 5.91 Å². The van der Waals surface area contributed by atoms with Crippen LogP contribution in [0.1, 0.15) is 50.4 Å². The van der Waals surface area contributed by atoms with Gasteiger partial charge >= 0.3 is 6.09 Å². The third kappa shape index (κ3) is 5.72. The van der Waals surface area contributed by atoms with Crippen LogP contribution in [-0.2, 0) is 9.53 Å². The van der Waals surface area contributed by atoms with Crippen LogP contribution < -0.4 is 4.74 Å². The van der Waals surface area contributed by atoms with E-state index < -0.39 is 6.04 Å². The van der Waals surface area contributed by atoms with E-state index >= 15 is 0 Å². The zero-order valence-corrected chi connectivity index (χ0v) is 19.4. The molecule has 3 amide bonds. The Morgan fingerprint density at radius 1 is 1.00 bits per heavy atom. The molecule has 1 aromatic rings. The molecule has 2 aliphatic heterocycles. The Balaban J connectivity index is 1.64. The molecule has 0 saturated carbocycles. The summed E-state index contributed by atoms with van der Waals surface area (Å²) >= 11 is 0. The summed E-state index contributed by atoms with van der Waals surface area (Å²) in [6.45, 7) is 9.31. The largest absolute Gasteiger partial charge is 0.493 e. The third-order valence-electron chi connectivity index (χ3n) is 5.82. The van der Waals surface area contributed by atoms with Crippen molar-refractivity contribution in [3.63, 3.8) is 0 Å². The molecule has 0 aliphatic carbocycles. The molecule has 2 saturated heterocycles. The Morgan fingerprint density at radius 2 is 1.72 bits per heavy atom. The third-order valence-corrected chi connectivity index (χ3v) is 5.82. The van der Waals surface area contributed by atoms with Crippen LogP contribution in [0.25, 0.3) is 0 Å². The van der Waals surface area contributed by atoms with Crippen LogP contribution in [0.5, 0.6) is 5.75 Å². The van der Waals surface area contributed by atoms with Crippen LogP contribution in [0.3, 0.4) is 0 Å². The number of carbonyl (C=O) groups excluding carboxylic acids is 3. The molecule has 2 heterocycles. The van der Waals surface area contributed by atoms with Crippen LogP contribution in [0.4, 0.5) is 4.79 Å². The normalized spacial score (nSPS) is 19.1.